The number of aliphatic imine (C=N–C) groups is 1. The summed E-state index contributed by atoms with van der Waals surface area (Å²) in [6.45, 7) is 2.55. The predicted molar refractivity (Wildman–Crippen MR) is 118 cm³/mol. The number of nitrogens with two attached hydrogens (primary N) is 2. The topological polar surface area (TPSA) is 106 Å². The number of halogens is 4. The zero-order valence-corrected chi connectivity index (χ0v) is 18.8. The number of hydrogen-bond acceptors (Lipinski definition) is 7. The summed E-state index contributed by atoms with van der Waals surface area (Å²) in [5.41, 5.74) is 15.2. The van der Waals surface area contributed by atoms with E-state index in [-0.39, 0.29) is 34.6 Å². The van der Waals surface area contributed by atoms with E-state index >= 15 is 0 Å². The van der Waals surface area contributed by atoms with Crippen molar-refractivity contribution < 1.29 is 23.0 Å². The fourth-order valence-corrected chi connectivity index (χ4v) is 4.33. The van der Waals surface area contributed by atoms with E-state index < -0.39 is 11.7 Å². The first kappa shape index (κ1) is 23.2. The van der Waals surface area contributed by atoms with Gasteiger partial charge in [0, 0.05) is 24.7 Å². The van der Waals surface area contributed by atoms with Crippen LogP contribution in [0.5, 0.6) is 0 Å². The van der Waals surface area contributed by atoms with E-state index in [4.69, 9.17) is 27.9 Å². The van der Waals surface area contributed by atoms with Crippen LogP contribution >= 0.6 is 11.6 Å². The summed E-state index contributed by atoms with van der Waals surface area (Å²) in [7, 11) is 2.05. The van der Waals surface area contributed by atoms with Crippen LogP contribution in [0, 0.1) is 5.92 Å². The van der Waals surface area contributed by atoms with Gasteiger partial charge >= 0.3 is 12.1 Å². The zero-order valence-electron chi connectivity index (χ0n) is 18.0. The molecule has 1 aromatic carbocycles. The number of nitrogens with zero attached hydrogens (tertiary/aromatic N) is 3. The van der Waals surface area contributed by atoms with E-state index in [2.05, 4.69) is 27.4 Å². The van der Waals surface area contributed by atoms with E-state index in [9.17, 15) is 13.2 Å². The van der Waals surface area contributed by atoms with Crippen molar-refractivity contribution in [3.05, 3.63) is 57.7 Å². The van der Waals surface area contributed by atoms with Crippen molar-refractivity contribution in [2.24, 2.45) is 22.4 Å². The quantitative estimate of drug-likeness (QED) is 0.496. The molecule has 12 heteroatoms. The first-order chi connectivity index (χ1) is 15.6. The molecule has 33 heavy (non-hydrogen) atoms. The van der Waals surface area contributed by atoms with Gasteiger partial charge in [0.1, 0.15) is 11.5 Å². The first-order valence-corrected chi connectivity index (χ1v) is 10.9. The van der Waals surface area contributed by atoms with Gasteiger partial charge in [0.05, 0.1) is 23.7 Å². The highest BCUT2D eigenvalue weighted by molar-refractivity contribution is 6.30. The summed E-state index contributed by atoms with van der Waals surface area (Å²) < 4.78 is 40.6. The number of rotatable bonds is 4. The molecule has 0 radical (unpaired) electrons. The molecule has 0 aliphatic carbocycles. The van der Waals surface area contributed by atoms with Gasteiger partial charge in [-0.05, 0) is 49.9 Å². The van der Waals surface area contributed by atoms with Crippen LogP contribution < -0.4 is 21.9 Å². The largest absolute Gasteiger partial charge is 0.416 e. The molecular weight excluding hydrogens is 459 g/mol. The number of alkyl halides is 3. The maximum atomic E-state index is 13.5. The van der Waals surface area contributed by atoms with E-state index in [0.29, 0.717) is 24.7 Å². The van der Waals surface area contributed by atoms with Crippen molar-refractivity contribution in [3.63, 3.8) is 0 Å². The molecule has 3 heterocycles. The Bertz CT molecular complexity index is 1050. The SMILES string of the molecule is CN1CCC(C2=[NH+]C(=C(N)C=C3C(N)=NCCN3Cc3cc(Cl)ccc3C(F)(F)F)ON2)C1. The van der Waals surface area contributed by atoms with E-state index in [0.717, 1.165) is 31.4 Å². The lowest BCUT2D eigenvalue weighted by molar-refractivity contribution is -0.424. The van der Waals surface area contributed by atoms with Gasteiger partial charge < -0.3 is 21.3 Å². The van der Waals surface area contributed by atoms with Gasteiger partial charge in [0.2, 0.25) is 0 Å². The summed E-state index contributed by atoms with van der Waals surface area (Å²) in [4.78, 5) is 16.8. The van der Waals surface area contributed by atoms with Crippen molar-refractivity contribution in [1.29, 1.82) is 0 Å². The van der Waals surface area contributed by atoms with Crippen LogP contribution in [0.25, 0.3) is 0 Å². The van der Waals surface area contributed by atoms with Crippen LogP contribution in [0.2, 0.25) is 5.02 Å². The number of allylic oxidation sites excluding steroid dienone is 1. The molecule has 1 aromatic rings. The van der Waals surface area contributed by atoms with Gasteiger partial charge in [-0.1, -0.05) is 17.1 Å². The van der Waals surface area contributed by atoms with Gasteiger partial charge in [-0.15, -0.1) is 0 Å². The van der Waals surface area contributed by atoms with Gasteiger partial charge in [0.15, 0.2) is 0 Å². The molecule has 0 saturated carbocycles. The number of hydrogen-bond donors (Lipinski definition) is 4. The fourth-order valence-electron chi connectivity index (χ4n) is 4.14. The lowest BCUT2D eigenvalue weighted by Gasteiger charge is -2.31. The Labute approximate surface area is 194 Å². The number of benzene rings is 1. The molecule has 1 atom stereocenters. The highest BCUT2D eigenvalue weighted by atomic mass is 35.5. The normalized spacial score (nSPS) is 24.5. The number of hydroxylamine groups is 1. The van der Waals surface area contributed by atoms with Gasteiger partial charge in [0.25, 0.3) is 5.84 Å². The van der Waals surface area contributed by atoms with Crippen molar-refractivity contribution in [1.82, 2.24) is 15.3 Å². The number of nitrogens with one attached hydrogen (secondary N) is 2. The molecule has 8 nitrogen and oxygen atoms in total. The average Bonchev–Trinajstić information content (AvgIpc) is 3.39. The molecule has 1 fully saturated rings. The highest BCUT2D eigenvalue weighted by Gasteiger charge is 2.36. The summed E-state index contributed by atoms with van der Waals surface area (Å²) in [5, 5.41) is 0.221. The maximum Gasteiger partial charge on any atom is 0.416 e. The van der Waals surface area contributed by atoms with Crippen LogP contribution in [-0.4, -0.2) is 54.7 Å². The summed E-state index contributed by atoms with van der Waals surface area (Å²) in [6, 6.07) is 3.53. The van der Waals surface area contributed by atoms with Crippen LogP contribution in [-0.2, 0) is 17.6 Å². The Kier molecular flexibility index (Phi) is 6.44. The summed E-state index contributed by atoms with van der Waals surface area (Å²) >= 11 is 5.98. The Morgan fingerprint density at radius 1 is 1.39 bits per heavy atom. The van der Waals surface area contributed by atoms with Crippen molar-refractivity contribution in [2.45, 2.75) is 19.1 Å². The average molecular weight is 485 g/mol. The molecule has 0 aromatic heterocycles. The maximum absolute atomic E-state index is 13.5. The molecule has 1 saturated heterocycles. The second kappa shape index (κ2) is 9.14. The van der Waals surface area contributed by atoms with E-state index in [1.807, 2.05) is 0 Å². The van der Waals surface area contributed by atoms with Crippen molar-refractivity contribution >= 4 is 23.3 Å². The standard InChI is InChI=1S/C21H25ClF3N7O/c1-31-6-4-12(10-31)19-29-20(33-30-19)16(26)9-17-18(27)28-5-7-32(17)11-13-8-14(22)2-3-15(13)21(23,24)25/h2-3,8-9,12H,4-7,10-11,26H2,1H3,(H2,27,28)(H,29,30)/p+1. The highest BCUT2D eigenvalue weighted by Crippen LogP contribution is 2.34. The molecule has 3 aliphatic rings. The van der Waals surface area contributed by atoms with Crippen LogP contribution in [0.1, 0.15) is 17.5 Å². The minimum Gasteiger partial charge on any atom is -0.392 e. The molecule has 1 unspecified atom stereocenters. The Morgan fingerprint density at radius 3 is 2.88 bits per heavy atom. The second-order valence-corrected chi connectivity index (χ2v) is 8.73. The third kappa shape index (κ3) is 5.19. The predicted octanol–water partition coefficient (Wildman–Crippen LogP) is 0.509. The molecule has 3 aliphatic heterocycles. The molecule has 0 spiro atoms. The van der Waals surface area contributed by atoms with Crippen LogP contribution in [0.4, 0.5) is 13.2 Å². The minimum absolute atomic E-state index is 0.0414. The van der Waals surface area contributed by atoms with E-state index in [1.165, 1.54) is 12.1 Å². The lowest BCUT2D eigenvalue weighted by atomic mass is 10.1. The Hall–Kier alpha value is -2.92. The third-order valence-corrected chi connectivity index (χ3v) is 6.09. The first-order valence-electron chi connectivity index (χ1n) is 10.5. The molecule has 0 amide bonds. The van der Waals surface area contributed by atoms with Crippen LogP contribution in [0.3, 0.4) is 0 Å². The Morgan fingerprint density at radius 2 is 2.18 bits per heavy atom. The molecule has 178 valence electrons. The fraction of sp³-hybridized carbons (Fsp3) is 0.429. The van der Waals surface area contributed by atoms with Crippen molar-refractivity contribution in [2.75, 3.05) is 33.2 Å². The summed E-state index contributed by atoms with van der Waals surface area (Å²) in [5.74, 6) is 1.60. The van der Waals surface area contributed by atoms with Gasteiger partial charge in [-0.3, -0.25) is 9.83 Å². The van der Waals surface area contributed by atoms with E-state index in [1.54, 1.807) is 11.0 Å². The van der Waals surface area contributed by atoms with Crippen LogP contribution in [0.15, 0.2) is 46.5 Å². The smallest absolute Gasteiger partial charge is 0.392 e. The monoisotopic (exact) mass is 484 g/mol. The molecular formula is C21H26ClF3N7O+. The number of amidine groups is 2. The molecule has 6 N–H and O–H groups in total. The lowest BCUT2D eigenvalue weighted by Crippen LogP contribution is -2.71. The Balaban J connectivity index is 1.62. The third-order valence-electron chi connectivity index (χ3n) is 5.85. The minimum atomic E-state index is -4.51. The molecule has 0 bridgehead atoms. The summed E-state index contributed by atoms with van der Waals surface area (Å²) in [6.07, 6.45) is -1.96. The van der Waals surface area contributed by atoms with Gasteiger partial charge in [-0.25, -0.2) is 4.99 Å². The number of likely N-dealkylation sites (tertiary alicyclic amines) is 1. The second-order valence-electron chi connectivity index (χ2n) is 8.29. The van der Waals surface area contributed by atoms with Gasteiger partial charge in [-0.2, -0.15) is 13.2 Å². The molecule has 4 rings (SSSR count). The zero-order chi connectivity index (χ0) is 23.8. The van der Waals surface area contributed by atoms with Crippen molar-refractivity contribution in [3.8, 4) is 0 Å².